The maximum atomic E-state index is 13.4. The monoisotopic (exact) mass is 1600 g/mol. The van der Waals surface area contributed by atoms with Crippen LogP contribution in [0.15, 0.2) is 0 Å². The second-order valence-corrected chi connectivity index (χ2v) is 27.1. The van der Waals surface area contributed by atoms with Crippen molar-refractivity contribution in [3.05, 3.63) is 0 Å². The summed E-state index contributed by atoms with van der Waals surface area (Å²) in [5, 5.41) is 226. The fourth-order valence-corrected chi connectivity index (χ4v) is 12.1. The smallest absolute Gasteiger partial charge is 0.251 e. The summed E-state index contributed by atoms with van der Waals surface area (Å²) >= 11 is 0. The lowest BCUT2D eigenvalue weighted by molar-refractivity contribution is -0.302. The van der Waals surface area contributed by atoms with E-state index in [1.54, 1.807) is 0 Å². The summed E-state index contributed by atoms with van der Waals surface area (Å²) in [6, 6.07) is -5.88. The number of nitrogens with zero attached hydrogens (tertiary/aromatic N) is 2. The zero-order valence-corrected chi connectivity index (χ0v) is 61.5. The molecular formula is C64H116N10O36. The summed E-state index contributed by atoms with van der Waals surface area (Å²) in [4.78, 5) is 106. The summed E-state index contributed by atoms with van der Waals surface area (Å²) in [7, 11) is 0. The lowest BCUT2D eigenvalue weighted by atomic mass is 9.99. The molecular weight excluding hydrogens is 1480 g/mol. The number of aliphatic hydroxyl groups excluding tert-OH is 20. The highest BCUT2D eigenvalue weighted by Gasteiger charge is 2.49. The number of amides is 8. The van der Waals surface area contributed by atoms with Crippen LogP contribution in [-0.4, -0.2) is 449 Å². The molecule has 0 saturated carbocycles. The first-order valence-electron chi connectivity index (χ1n) is 36.1. The molecule has 4 saturated heterocycles. The summed E-state index contributed by atoms with van der Waals surface area (Å²) in [5.41, 5.74) is 0. The van der Waals surface area contributed by atoms with Gasteiger partial charge in [0.05, 0.1) is 77.0 Å². The molecule has 28 N–H and O–H groups in total. The van der Waals surface area contributed by atoms with E-state index in [2.05, 4.69) is 42.5 Å². The second-order valence-electron chi connectivity index (χ2n) is 27.1. The Labute approximate surface area is 632 Å². The van der Waals surface area contributed by atoms with Gasteiger partial charge in [0.1, 0.15) is 97.7 Å². The van der Waals surface area contributed by atoms with Gasteiger partial charge in [0.2, 0.25) is 23.6 Å². The van der Waals surface area contributed by atoms with Gasteiger partial charge in [0.25, 0.3) is 23.6 Å². The highest BCUT2D eigenvalue weighted by atomic mass is 16.7. The molecule has 46 nitrogen and oxygen atoms in total. The molecule has 110 heavy (non-hydrogen) atoms. The van der Waals surface area contributed by atoms with E-state index in [9.17, 15) is 140 Å². The van der Waals surface area contributed by atoms with Crippen LogP contribution in [0.2, 0.25) is 0 Å². The van der Waals surface area contributed by atoms with Gasteiger partial charge in [-0.3, -0.25) is 38.4 Å². The first kappa shape index (κ1) is 96.9. The Morgan fingerprint density at radius 2 is 0.482 bits per heavy atom. The van der Waals surface area contributed by atoms with Gasteiger partial charge in [-0.15, -0.1) is 0 Å². The van der Waals surface area contributed by atoms with Crippen molar-refractivity contribution < 1.29 is 178 Å². The van der Waals surface area contributed by atoms with Crippen LogP contribution >= 0.6 is 0 Å². The van der Waals surface area contributed by atoms with Crippen LogP contribution in [0.25, 0.3) is 0 Å². The third-order valence-corrected chi connectivity index (χ3v) is 18.3. The van der Waals surface area contributed by atoms with E-state index < -0.39 is 272 Å². The van der Waals surface area contributed by atoms with Crippen molar-refractivity contribution in [1.29, 1.82) is 0 Å². The van der Waals surface area contributed by atoms with Crippen LogP contribution in [0.4, 0.5) is 0 Å². The molecule has 28 atom stereocenters. The molecule has 0 radical (unpaired) electrons. The SMILES string of the molecule is CC(=O)NC(CO[C@@H]1O[C@H](CO)[C@@H](O)[C@H](O)[C@H]1O)C(O)C(=O)NCCCN(CCCCN(CCCNC(=O)C(O)C(CO[C@@H]1O[C@H](CO)[C@@H](O)[C@H](O)[C@H]1O)NC(C)=O)CCCNC(=O)C(O)C(CO[C@@H]1O[C@H](CO)[C@@H](O)[C@H](O)[C@H]1O)NC(C)=O)CCCNC(=O)C(O)C(CO[C@@H]1O[C@H](CO)[C@@H](O)[C@H](O)[C@H]1O)NC(C)=O. The average Bonchev–Trinajstić information content (AvgIpc) is 0.831. The number of hydrogen-bond donors (Lipinski definition) is 28. The molecule has 4 heterocycles. The second kappa shape index (κ2) is 49.4. The van der Waals surface area contributed by atoms with Gasteiger partial charge >= 0.3 is 0 Å². The van der Waals surface area contributed by atoms with Crippen LogP contribution < -0.4 is 42.5 Å². The van der Waals surface area contributed by atoms with Crippen molar-refractivity contribution in [1.82, 2.24) is 52.3 Å². The van der Waals surface area contributed by atoms with Crippen molar-refractivity contribution in [2.24, 2.45) is 0 Å². The Morgan fingerprint density at radius 1 is 0.300 bits per heavy atom. The minimum atomic E-state index is -1.98. The van der Waals surface area contributed by atoms with E-state index in [1.807, 2.05) is 9.80 Å². The molecule has 0 aliphatic carbocycles. The number of carbonyl (C=O) groups excluding carboxylic acids is 8. The van der Waals surface area contributed by atoms with Gasteiger partial charge in [-0.25, -0.2) is 0 Å². The number of nitrogens with one attached hydrogen (secondary N) is 8. The lowest BCUT2D eigenvalue weighted by Gasteiger charge is -2.40. The van der Waals surface area contributed by atoms with Crippen molar-refractivity contribution in [2.45, 2.75) is 238 Å². The summed E-state index contributed by atoms with van der Waals surface area (Å²) in [6.45, 7) is -0.331. The summed E-state index contributed by atoms with van der Waals surface area (Å²) in [5.74, 6) is -6.79. The van der Waals surface area contributed by atoms with Gasteiger partial charge < -0.3 is 192 Å². The maximum absolute atomic E-state index is 13.4. The third kappa shape index (κ3) is 30.7. The Kier molecular flexibility index (Phi) is 43.5. The van der Waals surface area contributed by atoms with Gasteiger partial charge in [-0.1, -0.05) is 0 Å². The van der Waals surface area contributed by atoms with E-state index in [0.717, 1.165) is 27.7 Å². The minimum absolute atomic E-state index is 0.0893. The van der Waals surface area contributed by atoms with Crippen LogP contribution in [0.1, 0.15) is 66.2 Å². The van der Waals surface area contributed by atoms with E-state index in [1.165, 1.54) is 0 Å². The lowest BCUT2D eigenvalue weighted by Crippen LogP contribution is -2.60. The highest BCUT2D eigenvalue weighted by Crippen LogP contribution is 2.27. The maximum Gasteiger partial charge on any atom is 0.251 e. The predicted molar refractivity (Wildman–Crippen MR) is 366 cm³/mol. The van der Waals surface area contributed by atoms with Gasteiger partial charge in [0, 0.05) is 53.9 Å². The molecule has 0 aromatic carbocycles. The van der Waals surface area contributed by atoms with Crippen LogP contribution in [-0.2, 0) is 76.3 Å². The number of ether oxygens (including phenoxy) is 8. The minimum Gasteiger partial charge on any atom is -0.394 e. The fourth-order valence-electron chi connectivity index (χ4n) is 12.1. The molecule has 0 aromatic heterocycles. The van der Waals surface area contributed by atoms with E-state index in [-0.39, 0.29) is 78.0 Å². The number of hydrogen-bond acceptors (Lipinski definition) is 38. The number of aliphatic hydroxyl groups is 20. The first-order valence-corrected chi connectivity index (χ1v) is 36.1. The number of rotatable bonds is 49. The zero-order valence-electron chi connectivity index (χ0n) is 61.5. The van der Waals surface area contributed by atoms with Crippen LogP contribution in [0.3, 0.4) is 0 Å². The average molecular weight is 1600 g/mol. The Balaban J connectivity index is 1.49. The first-order chi connectivity index (χ1) is 52.0. The molecule has 4 aliphatic heterocycles. The van der Waals surface area contributed by atoms with Crippen molar-refractivity contribution in [3.63, 3.8) is 0 Å². The van der Waals surface area contributed by atoms with Crippen molar-refractivity contribution >= 4 is 47.3 Å². The van der Waals surface area contributed by atoms with E-state index in [4.69, 9.17) is 37.9 Å². The van der Waals surface area contributed by atoms with Crippen molar-refractivity contribution in [2.75, 3.05) is 118 Å². The molecule has 4 rings (SSSR count). The summed E-state index contributed by atoms with van der Waals surface area (Å²) < 4.78 is 43.3. The molecule has 0 spiro atoms. The highest BCUT2D eigenvalue weighted by molar-refractivity contribution is 5.84. The Bertz CT molecular complexity index is 2410. The fraction of sp³-hybridized carbons (Fsp3) is 0.875. The molecule has 8 amide bonds. The molecule has 0 bridgehead atoms. The Morgan fingerprint density at radius 3 is 0.655 bits per heavy atom. The van der Waals surface area contributed by atoms with Crippen LogP contribution in [0.5, 0.6) is 0 Å². The topological polar surface area (TPSA) is 718 Å². The molecule has 4 aliphatic rings. The van der Waals surface area contributed by atoms with Crippen LogP contribution in [0, 0.1) is 0 Å². The number of carbonyl (C=O) groups is 8. The number of unbranched alkanes of at least 4 members (excludes halogenated alkanes) is 1. The van der Waals surface area contributed by atoms with Crippen molar-refractivity contribution in [3.8, 4) is 0 Å². The molecule has 4 fully saturated rings. The molecule has 638 valence electrons. The quantitative estimate of drug-likeness (QED) is 0.0252. The Hall–Kier alpha value is -5.44. The zero-order chi connectivity index (χ0) is 82.2. The molecule has 0 aromatic rings. The van der Waals surface area contributed by atoms with Gasteiger partial charge in [0.15, 0.2) is 49.6 Å². The van der Waals surface area contributed by atoms with E-state index in [0.29, 0.717) is 25.9 Å². The van der Waals surface area contributed by atoms with E-state index >= 15 is 0 Å². The standard InChI is InChI=1S/C64H116N10O36/c1-29(79)69-33(25-103-61-53(95)49(91)45(87)37(21-75)107-61)41(83)57(99)65-11-7-17-73(18-8-12-66-58(100)42(84)34(70-30(2)80)26-104-62-54(96)50(92)46(88)38(22-76)108-62)15-5-6-16-74(19-9-13-67-59(101)43(85)35(71-31(3)81)27-105-63-55(97)51(93)47(89)39(23-77)109-63)20-10-14-68-60(102)44(86)36(72-32(4)82)28-106-64-56(98)52(94)48(90)40(24-78)110-64/h33-56,61-64,75-78,83-98H,5-28H2,1-4H3,(H,65,99)(H,66,100)(H,67,101)(H,68,102)(H,69,79)(H,70,80)(H,71,81)(H,72,82)/t33?,34?,35?,36?,37-,38-,39-,40-,41?,42?,43?,44?,45-,46-,47-,48-,49+,50+,51+,52+,53-,54-,55-,56-,61-,62-,63-,64-/m1/s1. The third-order valence-electron chi connectivity index (χ3n) is 18.3. The molecule has 46 heteroatoms. The predicted octanol–water partition coefficient (Wildman–Crippen LogP) is -16.9. The van der Waals surface area contributed by atoms with Gasteiger partial charge in [-0.2, -0.15) is 0 Å². The normalized spacial score (nSPS) is 30.7. The largest absolute Gasteiger partial charge is 0.394 e. The van der Waals surface area contributed by atoms with Gasteiger partial charge in [-0.05, 0) is 77.8 Å². The summed E-state index contributed by atoms with van der Waals surface area (Å²) in [6.07, 6.45) is -40.1. The molecule has 8 unspecified atom stereocenters.